The summed E-state index contributed by atoms with van der Waals surface area (Å²) in [6, 6.07) is 15.9. The van der Waals surface area contributed by atoms with Crippen LogP contribution in [-0.2, 0) is 16.1 Å². The first kappa shape index (κ1) is 22.8. The summed E-state index contributed by atoms with van der Waals surface area (Å²) in [5, 5.41) is 3.55. The minimum absolute atomic E-state index is 0.0365. The fourth-order valence-electron chi connectivity index (χ4n) is 2.92. The molecule has 0 saturated heterocycles. The molecule has 0 fully saturated rings. The first-order valence-electron chi connectivity index (χ1n) is 9.97. The Morgan fingerprint density at radius 1 is 1.03 bits per heavy atom. The molecule has 0 heterocycles. The minimum Gasteiger partial charge on any atom is -0.484 e. The average Bonchev–Trinajstić information content (AvgIpc) is 2.73. The zero-order valence-electron chi connectivity index (χ0n) is 17.2. The molecule has 0 spiro atoms. The van der Waals surface area contributed by atoms with Crippen LogP contribution in [0, 0.1) is 0 Å². The molecule has 0 bridgehead atoms. The van der Waals surface area contributed by atoms with Gasteiger partial charge >= 0.3 is 0 Å². The lowest BCUT2D eigenvalue weighted by molar-refractivity contribution is -0.143. The fraction of sp³-hybridized carbons (Fsp3) is 0.391. The summed E-state index contributed by atoms with van der Waals surface area (Å²) in [4.78, 5) is 27.5. The summed E-state index contributed by atoms with van der Waals surface area (Å²) >= 11 is 6.31. The summed E-state index contributed by atoms with van der Waals surface area (Å²) in [7, 11) is 0. The van der Waals surface area contributed by atoms with Crippen LogP contribution in [0.2, 0.25) is 5.02 Å². The molecule has 1 N–H and O–H groups in total. The highest BCUT2D eigenvalue weighted by atomic mass is 35.5. The van der Waals surface area contributed by atoms with Gasteiger partial charge < -0.3 is 15.0 Å². The van der Waals surface area contributed by atoms with Crippen molar-refractivity contribution in [2.45, 2.75) is 52.2 Å². The normalized spacial score (nSPS) is 12.7. The molecule has 2 aromatic rings. The second-order valence-corrected chi connectivity index (χ2v) is 7.36. The number of para-hydroxylation sites is 1. The topological polar surface area (TPSA) is 58.6 Å². The average molecular weight is 417 g/mol. The van der Waals surface area contributed by atoms with Gasteiger partial charge in [0.25, 0.3) is 5.91 Å². The van der Waals surface area contributed by atoms with E-state index < -0.39 is 6.04 Å². The van der Waals surface area contributed by atoms with E-state index in [9.17, 15) is 9.59 Å². The van der Waals surface area contributed by atoms with Crippen molar-refractivity contribution in [3.63, 3.8) is 0 Å². The summed E-state index contributed by atoms with van der Waals surface area (Å²) in [6.07, 6.45) is 1.31. The number of rotatable bonds is 10. The smallest absolute Gasteiger partial charge is 0.261 e. The first-order valence-corrected chi connectivity index (χ1v) is 10.3. The molecule has 2 amide bonds. The van der Waals surface area contributed by atoms with E-state index >= 15 is 0 Å². The molecule has 0 aliphatic carbocycles. The predicted molar refractivity (Wildman–Crippen MR) is 116 cm³/mol. The van der Waals surface area contributed by atoms with Crippen LogP contribution in [-0.4, -0.2) is 35.4 Å². The van der Waals surface area contributed by atoms with E-state index in [0.717, 1.165) is 12.0 Å². The molecule has 2 rings (SSSR count). The molecule has 156 valence electrons. The summed E-state index contributed by atoms with van der Waals surface area (Å²) < 4.78 is 5.64. The molecule has 0 aromatic heterocycles. The number of amides is 2. The third kappa shape index (κ3) is 6.79. The molecular formula is C23H29ClN2O3. The van der Waals surface area contributed by atoms with Gasteiger partial charge in [0.15, 0.2) is 6.61 Å². The van der Waals surface area contributed by atoms with Gasteiger partial charge in [0.2, 0.25) is 5.91 Å². The number of nitrogens with zero attached hydrogens (tertiary/aromatic N) is 1. The van der Waals surface area contributed by atoms with Gasteiger partial charge in [0.1, 0.15) is 11.8 Å². The Morgan fingerprint density at radius 3 is 2.31 bits per heavy atom. The molecule has 0 saturated carbocycles. The summed E-state index contributed by atoms with van der Waals surface area (Å²) in [5.41, 5.74) is 0.789. The molecule has 0 aliphatic rings. The van der Waals surface area contributed by atoms with Crippen molar-refractivity contribution in [1.29, 1.82) is 0 Å². The van der Waals surface area contributed by atoms with Crippen LogP contribution in [0.25, 0.3) is 0 Å². The minimum atomic E-state index is -0.604. The molecule has 0 unspecified atom stereocenters. The highest BCUT2D eigenvalue weighted by Crippen LogP contribution is 2.20. The zero-order chi connectivity index (χ0) is 21.2. The maximum atomic E-state index is 13.1. The lowest BCUT2D eigenvalue weighted by atomic mass is 10.1. The van der Waals surface area contributed by atoms with Crippen molar-refractivity contribution in [1.82, 2.24) is 10.2 Å². The quantitative estimate of drug-likeness (QED) is 0.622. The second-order valence-electron chi connectivity index (χ2n) is 6.96. The monoisotopic (exact) mass is 416 g/mol. The Balaban J connectivity index is 2.22. The van der Waals surface area contributed by atoms with Gasteiger partial charge in [-0.1, -0.05) is 61.8 Å². The number of nitrogens with one attached hydrogen (secondary N) is 1. The highest BCUT2D eigenvalue weighted by Gasteiger charge is 2.29. The third-order valence-corrected chi connectivity index (χ3v) is 5.16. The third-order valence-electron chi connectivity index (χ3n) is 4.79. The summed E-state index contributed by atoms with van der Waals surface area (Å²) in [5.74, 6) is 0.178. The van der Waals surface area contributed by atoms with Gasteiger partial charge in [-0.25, -0.2) is 0 Å². The van der Waals surface area contributed by atoms with Gasteiger partial charge in [0, 0.05) is 17.6 Å². The first-order chi connectivity index (χ1) is 14.0. The Morgan fingerprint density at radius 2 is 1.69 bits per heavy atom. The molecule has 5 nitrogen and oxygen atoms in total. The van der Waals surface area contributed by atoms with Crippen molar-refractivity contribution < 1.29 is 14.3 Å². The van der Waals surface area contributed by atoms with E-state index in [2.05, 4.69) is 5.32 Å². The standard InChI is InChI=1S/C23H29ClN2O3/c1-4-17(3)25-23(28)21(5-2)26(15-18-11-9-10-14-20(18)24)22(27)16-29-19-12-7-6-8-13-19/h6-14,17,21H,4-5,15-16H2,1-3H3,(H,25,28)/t17-,21+/m1/s1. The molecule has 6 heteroatoms. The fourth-order valence-corrected chi connectivity index (χ4v) is 3.11. The van der Waals surface area contributed by atoms with E-state index in [1.54, 1.807) is 23.1 Å². The van der Waals surface area contributed by atoms with E-state index in [1.165, 1.54) is 0 Å². The van der Waals surface area contributed by atoms with Crippen LogP contribution in [0.5, 0.6) is 5.75 Å². The Kier molecular flexibility index (Phi) is 9.00. The van der Waals surface area contributed by atoms with E-state index in [1.807, 2.05) is 57.2 Å². The van der Waals surface area contributed by atoms with Crippen LogP contribution in [0.4, 0.5) is 0 Å². The molecule has 2 aromatic carbocycles. The van der Waals surface area contributed by atoms with E-state index in [0.29, 0.717) is 17.2 Å². The van der Waals surface area contributed by atoms with Gasteiger partial charge in [-0.15, -0.1) is 0 Å². The molecule has 0 radical (unpaired) electrons. The lowest BCUT2D eigenvalue weighted by Gasteiger charge is -2.31. The number of ether oxygens (including phenoxy) is 1. The SMILES string of the molecule is CC[C@@H](C)NC(=O)[C@H](CC)N(Cc1ccccc1Cl)C(=O)COc1ccccc1. The Bertz CT molecular complexity index is 798. The molecule has 2 atom stereocenters. The molecule has 0 aliphatic heterocycles. The number of carbonyl (C=O) groups excluding carboxylic acids is 2. The zero-order valence-corrected chi connectivity index (χ0v) is 18.0. The second kappa shape index (κ2) is 11.5. The largest absolute Gasteiger partial charge is 0.484 e. The van der Waals surface area contributed by atoms with E-state index in [-0.39, 0.29) is 31.0 Å². The Hall–Kier alpha value is -2.53. The number of carbonyl (C=O) groups is 2. The number of halogens is 1. The van der Waals surface area contributed by atoms with Crippen LogP contribution in [0.15, 0.2) is 54.6 Å². The van der Waals surface area contributed by atoms with Crippen LogP contribution in [0.1, 0.15) is 39.2 Å². The van der Waals surface area contributed by atoms with E-state index in [4.69, 9.17) is 16.3 Å². The van der Waals surface area contributed by atoms with Crippen LogP contribution in [0.3, 0.4) is 0 Å². The Labute approximate surface area is 178 Å². The maximum absolute atomic E-state index is 13.1. The van der Waals surface area contributed by atoms with Crippen molar-refractivity contribution in [2.75, 3.05) is 6.61 Å². The predicted octanol–water partition coefficient (Wildman–Crippen LogP) is 4.44. The van der Waals surface area contributed by atoms with Crippen LogP contribution >= 0.6 is 11.6 Å². The van der Waals surface area contributed by atoms with Crippen molar-refractivity contribution >= 4 is 23.4 Å². The van der Waals surface area contributed by atoms with Crippen molar-refractivity contribution in [3.8, 4) is 5.75 Å². The van der Waals surface area contributed by atoms with Gasteiger partial charge in [-0.2, -0.15) is 0 Å². The van der Waals surface area contributed by atoms with Crippen molar-refractivity contribution in [2.24, 2.45) is 0 Å². The molecule has 29 heavy (non-hydrogen) atoms. The lowest BCUT2D eigenvalue weighted by Crippen LogP contribution is -2.51. The van der Waals surface area contributed by atoms with Gasteiger partial charge in [-0.3, -0.25) is 9.59 Å². The summed E-state index contributed by atoms with van der Waals surface area (Å²) in [6.45, 7) is 5.94. The highest BCUT2D eigenvalue weighted by molar-refractivity contribution is 6.31. The van der Waals surface area contributed by atoms with Gasteiger partial charge in [-0.05, 0) is 43.5 Å². The maximum Gasteiger partial charge on any atom is 0.261 e. The number of hydrogen-bond donors (Lipinski definition) is 1. The van der Waals surface area contributed by atoms with Gasteiger partial charge in [0.05, 0.1) is 0 Å². The number of hydrogen-bond acceptors (Lipinski definition) is 3. The number of benzene rings is 2. The van der Waals surface area contributed by atoms with Crippen molar-refractivity contribution in [3.05, 3.63) is 65.2 Å². The van der Waals surface area contributed by atoms with Crippen LogP contribution < -0.4 is 10.1 Å². The molecular weight excluding hydrogens is 388 g/mol.